The first-order valence-electron chi connectivity index (χ1n) is 7.08. The molecule has 1 aromatic heterocycles. The van der Waals surface area contributed by atoms with E-state index in [0.717, 1.165) is 6.54 Å². The van der Waals surface area contributed by atoms with E-state index in [1.165, 1.54) is 0 Å². The maximum atomic E-state index is 12.2. The fourth-order valence-electron chi connectivity index (χ4n) is 1.93. The minimum atomic E-state index is -0.346. The van der Waals surface area contributed by atoms with Crippen LogP contribution in [-0.2, 0) is 0 Å². The predicted molar refractivity (Wildman–Crippen MR) is 91.7 cm³/mol. The van der Waals surface area contributed by atoms with E-state index in [1.54, 1.807) is 48.3 Å². The molecule has 0 unspecified atom stereocenters. The molecule has 1 aromatic carbocycles. The van der Waals surface area contributed by atoms with E-state index < -0.39 is 0 Å². The van der Waals surface area contributed by atoms with Gasteiger partial charge in [0, 0.05) is 31.4 Å². The molecule has 0 bridgehead atoms. The van der Waals surface area contributed by atoms with Gasteiger partial charge in [-0.15, -0.1) is 0 Å². The van der Waals surface area contributed by atoms with Gasteiger partial charge in [0.25, 0.3) is 11.8 Å². The minimum absolute atomic E-state index is 0.0620. The molecule has 0 radical (unpaired) electrons. The summed E-state index contributed by atoms with van der Waals surface area (Å²) in [6.07, 6.45) is 0. The molecule has 0 spiro atoms. The lowest BCUT2D eigenvalue weighted by atomic mass is 10.2. The van der Waals surface area contributed by atoms with Crippen molar-refractivity contribution >= 4 is 33.4 Å². The van der Waals surface area contributed by atoms with Crippen molar-refractivity contribution < 1.29 is 14.0 Å². The lowest BCUT2D eigenvalue weighted by Crippen LogP contribution is -2.32. The molecule has 23 heavy (non-hydrogen) atoms. The number of rotatable bonds is 6. The Labute approximate surface area is 143 Å². The Morgan fingerprint density at radius 3 is 2.43 bits per heavy atom. The summed E-state index contributed by atoms with van der Waals surface area (Å²) in [4.78, 5) is 25.8. The second-order valence-electron chi connectivity index (χ2n) is 4.97. The molecule has 1 heterocycles. The number of nitrogens with one attached hydrogen (secondary N) is 2. The fourth-order valence-corrected chi connectivity index (χ4v) is 2.23. The van der Waals surface area contributed by atoms with Crippen LogP contribution in [0.3, 0.4) is 0 Å². The second kappa shape index (κ2) is 7.94. The van der Waals surface area contributed by atoms with Gasteiger partial charge in [-0.05, 0) is 59.4 Å². The molecule has 0 aliphatic carbocycles. The average molecular weight is 380 g/mol. The van der Waals surface area contributed by atoms with Crippen LogP contribution in [0.15, 0.2) is 45.5 Å². The van der Waals surface area contributed by atoms with Crippen LogP contribution >= 0.6 is 15.9 Å². The summed E-state index contributed by atoms with van der Waals surface area (Å²) in [5, 5.41) is 5.71. The number of carbonyl (C=O) groups is 2. The Balaban J connectivity index is 1.99. The molecule has 6 nitrogen and oxygen atoms in total. The van der Waals surface area contributed by atoms with Crippen LogP contribution in [0, 0.1) is 0 Å². The van der Waals surface area contributed by atoms with E-state index in [4.69, 9.17) is 4.42 Å². The van der Waals surface area contributed by atoms with Gasteiger partial charge >= 0.3 is 0 Å². The Bertz CT molecular complexity index is 682. The molecule has 2 aromatic rings. The molecule has 0 saturated carbocycles. The SMILES string of the molecule is CNCCN(C)C(=O)c1ccc(NC(=O)c2ccc(Br)o2)cc1. The van der Waals surface area contributed by atoms with Gasteiger partial charge in [-0.2, -0.15) is 0 Å². The number of amides is 2. The number of nitrogens with zero attached hydrogens (tertiary/aromatic N) is 1. The first-order valence-corrected chi connectivity index (χ1v) is 7.87. The number of carbonyl (C=O) groups excluding carboxylic acids is 2. The molecule has 122 valence electrons. The lowest BCUT2D eigenvalue weighted by molar-refractivity contribution is 0.0796. The zero-order valence-corrected chi connectivity index (χ0v) is 14.5. The number of hydrogen-bond acceptors (Lipinski definition) is 4. The van der Waals surface area contributed by atoms with Crippen molar-refractivity contribution in [2.45, 2.75) is 0 Å². The Kier molecular flexibility index (Phi) is 5.95. The van der Waals surface area contributed by atoms with Crippen molar-refractivity contribution in [3.63, 3.8) is 0 Å². The summed E-state index contributed by atoms with van der Waals surface area (Å²) in [6.45, 7) is 1.36. The molecule has 0 saturated heterocycles. The molecule has 7 heteroatoms. The monoisotopic (exact) mass is 379 g/mol. The number of furan rings is 1. The van der Waals surface area contributed by atoms with Crippen molar-refractivity contribution in [1.29, 1.82) is 0 Å². The topological polar surface area (TPSA) is 74.6 Å². The third-order valence-electron chi connectivity index (χ3n) is 3.23. The molecule has 0 fully saturated rings. The highest BCUT2D eigenvalue weighted by Crippen LogP contribution is 2.16. The van der Waals surface area contributed by atoms with E-state index in [1.807, 2.05) is 7.05 Å². The van der Waals surface area contributed by atoms with Crippen molar-refractivity contribution in [1.82, 2.24) is 10.2 Å². The van der Waals surface area contributed by atoms with E-state index in [-0.39, 0.29) is 17.6 Å². The van der Waals surface area contributed by atoms with E-state index >= 15 is 0 Å². The highest BCUT2D eigenvalue weighted by molar-refractivity contribution is 9.10. The highest BCUT2D eigenvalue weighted by Gasteiger charge is 2.13. The summed E-state index contributed by atoms with van der Waals surface area (Å²) in [7, 11) is 3.59. The van der Waals surface area contributed by atoms with Gasteiger partial charge in [0.2, 0.25) is 0 Å². The Hall–Kier alpha value is -2.12. The van der Waals surface area contributed by atoms with Gasteiger partial charge in [0.05, 0.1) is 0 Å². The van der Waals surface area contributed by atoms with Gasteiger partial charge in [-0.25, -0.2) is 0 Å². The lowest BCUT2D eigenvalue weighted by Gasteiger charge is -2.17. The molecule has 2 N–H and O–H groups in total. The molecule has 0 aliphatic rings. The van der Waals surface area contributed by atoms with Crippen LogP contribution in [-0.4, -0.2) is 43.9 Å². The maximum absolute atomic E-state index is 12.2. The van der Waals surface area contributed by atoms with Gasteiger partial charge in [-0.1, -0.05) is 0 Å². The largest absolute Gasteiger partial charge is 0.444 e. The highest BCUT2D eigenvalue weighted by atomic mass is 79.9. The zero-order valence-electron chi connectivity index (χ0n) is 12.9. The Morgan fingerprint density at radius 1 is 1.17 bits per heavy atom. The molecule has 2 amide bonds. The normalized spacial score (nSPS) is 10.4. The number of halogens is 1. The smallest absolute Gasteiger partial charge is 0.291 e. The third-order valence-corrected chi connectivity index (χ3v) is 3.66. The summed E-state index contributed by atoms with van der Waals surface area (Å²) >= 11 is 3.15. The standard InChI is InChI=1S/C16H18BrN3O3/c1-18-9-10-20(2)16(22)11-3-5-12(6-4-11)19-15(21)13-7-8-14(17)23-13/h3-8,18H,9-10H2,1-2H3,(H,19,21). The summed E-state index contributed by atoms with van der Waals surface area (Å²) in [5.41, 5.74) is 1.17. The van der Waals surface area contributed by atoms with E-state index in [0.29, 0.717) is 22.5 Å². The van der Waals surface area contributed by atoms with Gasteiger partial charge in [0.1, 0.15) is 0 Å². The molecular formula is C16H18BrN3O3. The minimum Gasteiger partial charge on any atom is -0.444 e. The van der Waals surface area contributed by atoms with Crippen molar-refractivity contribution in [2.75, 3.05) is 32.5 Å². The van der Waals surface area contributed by atoms with Crippen LogP contribution in [0.1, 0.15) is 20.9 Å². The zero-order chi connectivity index (χ0) is 16.8. The number of hydrogen-bond donors (Lipinski definition) is 2. The van der Waals surface area contributed by atoms with Gasteiger partial charge in [-0.3, -0.25) is 9.59 Å². The third kappa shape index (κ3) is 4.67. The molecular weight excluding hydrogens is 362 g/mol. The van der Waals surface area contributed by atoms with Crippen LogP contribution in [0.2, 0.25) is 0 Å². The van der Waals surface area contributed by atoms with Crippen LogP contribution in [0.4, 0.5) is 5.69 Å². The Morgan fingerprint density at radius 2 is 1.87 bits per heavy atom. The molecule has 0 aliphatic heterocycles. The quantitative estimate of drug-likeness (QED) is 0.808. The fraction of sp³-hybridized carbons (Fsp3) is 0.250. The maximum Gasteiger partial charge on any atom is 0.291 e. The van der Waals surface area contributed by atoms with E-state index in [2.05, 4.69) is 26.6 Å². The number of benzene rings is 1. The first-order chi connectivity index (χ1) is 11.0. The van der Waals surface area contributed by atoms with Gasteiger partial charge in [0.15, 0.2) is 10.4 Å². The first kappa shape index (κ1) is 17.2. The number of anilines is 1. The van der Waals surface area contributed by atoms with Crippen molar-refractivity contribution in [3.8, 4) is 0 Å². The van der Waals surface area contributed by atoms with Crippen LogP contribution in [0.25, 0.3) is 0 Å². The predicted octanol–water partition coefficient (Wildman–Crippen LogP) is 2.59. The van der Waals surface area contributed by atoms with Crippen LogP contribution < -0.4 is 10.6 Å². The summed E-state index contributed by atoms with van der Waals surface area (Å²) < 4.78 is 5.68. The van der Waals surface area contributed by atoms with Crippen molar-refractivity contribution in [3.05, 3.63) is 52.4 Å². The second-order valence-corrected chi connectivity index (χ2v) is 5.75. The van der Waals surface area contributed by atoms with Crippen LogP contribution in [0.5, 0.6) is 0 Å². The number of likely N-dealkylation sites (N-methyl/N-ethyl adjacent to an activating group) is 2. The molecule has 2 rings (SSSR count). The summed E-state index contributed by atoms with van der Waals surface area (Å²) in [6, 6.07) is 9.98. The van der Waals surface area contributed by atoms with E-state index in [9.17, 15) is 9.59 Å². The average Bonchev–Trinajstić information content (AvgIpc) is 2.99. The van der Waals surface area contributed by atoms with Crippen molar-refractivity contribution in [2.24, 2.45) is 0 Å². The summed E-state index contributed by atoms with van der Waals surface area (Å²) in [5.74, 6) is -0.196. The van der Waals surface area contributed by atoms with Gasteiger partial charge < -0.3 is 20.0 Å². The molecule has 0 atom stereocenters.